The Bertz CT molecular complexity index is 948. The predicted octanol–water partition coefficient (Wildman–Crippen LogP) is 2.51. The van der Waals surface area contributed by atoms with Crippen LogP contribution in [0.15, 0.2) is 24.3 Å². The van der Waals surface area contributed by atoms with Gasteiger partial charge in [0.05, 0.1) is 17.3 Å². The van der Waals surface area contributed by atoms with Crippen molar-refractivity contribution >= 4 is 44.3 Å². The van der Waals surface area contributed by atoms with Crippen LogP contribution in [0, 0.1) is 6.92 Å². The summed E-state index contributed by atoms with van der Waals surface area (Å²) in [6, 6.07) is 7.49. The van der Waals surface area contributed by atoms with Crippen LogP contribution in [0.2, 0.25) is 0 Å². The standard InChI is InChI=1S/C18H21NO5S2/c1-11-17(14-5-3-4-6-15(14)19-11)18(21)12(2)24-16(20)9-25-13-7-8-26(22,23)10-13/h3-6,12-13,19H,7-10H2,1-2H3/t12-,13-/m1/s1. The largest absolute Gasteiger partial charge is 0.454 e. The first kappa shape index (κ1) is 19.0. The number of thioether (sulfide) groups is 1. The lowest BCUT2D eigenvalue weighted by molar-refractivity contribution is -0.143. The Labute approximate surface area is 156 Å². The molecule has 0 spiro atoms. The SMILES string of the molecule is Cc1[nH]c2ccccc2c1C(=O)[C@@H](C)OC(=O)CS[C@@H]1CCS(=O)(=O)C1. The summed E-state index contributed by atoms with van der Waals surface area (Å²) in [5.41, 5.74) is 2.14. The average Bonchev–Trinajstić information content (AvgIpc) is 3.10. The predicted molar refractivity (Wildman–Crippen MR) is 102 cm³/mol. The topological polar surface area (TPSA) is 93.3 Å². The van der Waals surface area contributed by atoms with Crippen LogP contribution in [0.4, 0.5) is 0 Å². The van der Waals surface area contributed by atoms with Crippen LogP contribution in [-0.4, -0.2) is 53.8 Å². The van der Waals surface area contributed by atoms with Gasteiger partial charge in [0.15, 0.2) is 15.9 Å². The smallest absolute Gasteiger partial charge is 0.316 e. The molecule has 2 atom stereocenters. The summed E-state index contributed by atoms with van der Waals surface area (Å²) < 4.78 is 28.2. The van der Waals surface area contributed by atoms with Crippen molar-refractivity contribution in [3.63, 3.8) is 0 Å². The molecule has 0 radical (unpaired) electrons. The van der Waals surface area contributed by atoms with Gasteiger partial charge in [-0.3, -0.25) is 9.59 Å². The van der Waals surface area contributed by atoms with E-state index in [1.807, 2.05) is 31.2 Å². The molecule has 8 heteroatoms. The number of sulfone groups is 1. The number of fused-ring (bicyclic) bond motifs is 1. The molecule has 2 heterocycles. The first-order valence-electron chi connectivity index (χ1n) is 8.40. The van der Waals surface area contributed by atoms with Gasteiger partial charge in [0.2, 0.25) is 5.78 Å². The van der Waals surface area contributed by atoms with Gasteiger partial charge < -0.3 is 9.72 Å². The molecule has 1 fully saturated rings. The van der Waals surface area contributed by atoms with Gasteiger partial charge in [-0.2, -0.15) is 0 Å². The third-order valence-electron chi connectivity index (χ3n) is 4.44. The van der Waals surface area contributed by atoms with Crippen LogP contribution < -0.4 is 0 Å². The van der Waals surface area contributed by atoms with E-state index in [4.69, 9.17) is 4.74 Å². The Balaban J connectivity index is 1.60. The highest BCUT2D eigenvalue weighted by atomic mass is 32.2. The molecule has 1 aliphatic rings. The number of nitrogens with one attached hydrogen (secondary N) is 1. The van der Waals surface area contributed by atoms with E-state index in [1.54, 1.807) is 6.92 Å². The number of para-hydroxylation sites is 1. The van der Waals surface area contributed by atoms with E-state index in [2.05, 4.69) is 4.98 Å². The van der Waals surface area contributed by atoms with Gasteiger partial charge in [0.25, 0.3) is 0 Å². The first-order valence-corrected chi connectivity index (χ1v) is 11.3. The minimum Gasteiger partial charge on any atom is -0.454 e. The Morgan fingerprint density at radius 1 is 1.35 bits per heavy atom. The molecule has 1 saturated heterocycles. The molecule has 1 aliphatic heterocycles. The van der Waals surface area contributed by atoms with Crippen molar-refractivity contribution < 1.29 is 22.7 Å². The molecule has 0 aliphatic carbocycles. The molecule has 0 saturated carbocycles. The van der Waals surface area contributed by atoms with Gasteiger partial charge in [-0.1, -0.05) is 18.2 Å². The summed E-state index contributed by atoms with van der Waals surface area (Å²) in [5.74, 6) is -0.424. The van der Waals surface area contributed by atoms with Gasteiger partial charge in [0, 0.05) is 27.4 Å². The third kappa shape index (κ3) is 4.12. The van der Waals surface area contributed by atoms with Gasteiger partial charge in [-0.15, -0.1) is 11.8 Å². The maximum absolute atomic E-state index is 12.7. The second-order valence-corrected chi connectivity index (χ2v) is 10.0. The fourth-order valence-corrected chi connectivity index (χ4v) is 6.58. The summed E-state index contributed by atoms with van der Waals surface area (Å²) in [6.07, 6.45) is -0.336. The number of benzene rings is 1. The molecular formula is C18H21NO5S2. The Morgan fingerprint density at radius 3 is 2.77 bits per heavy atom. The van der Waals surface area contributed by atoms with Crippen molar-refractivity contribution in [1.82, 2.24) is 4.98 Å². The van der Waals surface area contributed by atoms with E-state index in [-0.39, 0.29) is 28.3 Å². The number of aromatic nitrogens is 1. The monoisotopic (exact) mass is 395 g/mol. The number of aromatic amines is 1. The van der Waals surface area contributed by atoms with Crippen molar-refractivity contribution in [2.75, 3.05) is 17.3 Å². The molecular weight excluding hydrogens is 374 g/mol. The zero-order valence-corrected chi connectivity index (χ0v) is 16.3. The number of hydrogen-bond donors (Lipinski definition) is 1. The molecule has 1 N–H and O–H groups in total. The van der Waals surface area contributed by atoms with Gasteiger partial charge in [-0.25, -0.2) is 8.42 Å². The van der Waals surface area contributed by atoms with Crippen LogP contribution in [-0.2, 0) is 19.4 Å². The van der Waals surface area contributed by atoms with E-state index in [9.17, 15) is 18.0 Å². The lowest BCUT2D eigenvalue weighted by atomic mass is 10.0. The quantitative estimate of drug-likeness (QED) is 0.597. The Kier molecular flexibility index (Phi) is 5.43. The highest BCUT2D eigenvalue weighted by Crippen LogP contribution is 2.26. The van der Waals surface area contributed by atoms with E-state index >= 15 is 0 Å². The number of hydrogen-bond acceptors (Lipinski definition) is 6. The van der Waals surface area contributed by atoms with Crippen LogP contribution in [0.25, 0.3) is 10.9 Å². The number of ether oxygens (including phenoxy) is 1. The fourth-order valence-electron chi connectivity index (χ4n) is 3.16. The van der Waals surface area contributed by atoms with Crippen molar-refractivity contribution in [3.05, 3.63) is 35.5 Å². The highest BCUT2D eigenvalue weighted by molar-refractivity contribution is 8.02. The maximum atomic E-state index is 12.7. The van der Waals surface area contributed by atoms with Crippen molar-refractivity contribution in [2.45, 2.75) is 31.6 Å². The lowest BCUT2D eigenvalue weighted by Gasteiger charge is -2.13. The maximum Gasteiger partial charge on any atom is 0.316 e. The van der Waals surface area contributed by atoms with Gasteiger partial charge >= 0.3 is 5.97 Å². The second-order valence-electron chi connectivity index (χ2n) is 6.50. The van der Waals surface area contributed by atoms with Crippen LogP contribution in [0.3, 0.4) is 0 Å². The summed E-state index contributed by atoms with van der Waals surface area (Å²) in [7, 11) is -2.97. The summed E-state index contributed by atoms with van der Waals surface area (Å²) in [5, 5.41) is 0.734. The van der Waals surface area contributed by atoms with Gasteiger partial charge in [0.1, 0.15) is 0 Å². The highest BCUT2D eigenvalue weighted by Gasteiger charge is 2.29. The summed E-state index contributed by atoms with van der Waals surface area (Å²) >= 11 is 1.28. The molecule has 6 nitrogen and oxygen atoms in total. The number of Topliss-reactive ketones (excluding diaryl/α,β-unsaturated/α-hetero) is 1. The molecule has 3 rings (SSSR count). The van der Waals surface area contributed by atoms with Gasteiger partial charge in [-0.05, 0) is 26.3 Å². The van der Waals surface area contributed by atoms with Crippen LogP contribution >= 0.6 is 11.8 Å². The summed E-state index contributed by atoms with van der Waals surface area (Å²) in [4.78, 5) is 27.9. The lowest BCUT2D eigenvalue weighted by Crippen LogP contribution is -2.26. The van der Waals surface area contributed by atoms with Crippen molar-refractivity contribution in [1.29, 1.82) is 0 Å². The normalized spacial score (nSPS) is 20.2. The number of H-pyrrole nitrogens is 1. The van der Waals surface area contributed by atoms with Crippen molar-refractivity contribution in [3.8, 4) is 0 Å². The molecule has 140 valence electrons. The van der Waals surface area contributed by atoms with E-state index in [0.29, 0.717) is 12.0 Å². The first-order chi connectivity index (χ1) is 12.3. The number of aryl methyl sites for hydroxylation is 1. The number of rotatable bonds is 6. The van der Waals surface area contributed by atoms with E-state index < -0.39 is 21.9 Å². The molecule has 0 bridgehead atoms. The van der Waals surface area contributed by atoms with Crippen LogP contribution in [0.5, 0.6) is 0 Å². The minimum atomic E-state index is -2.97. The number of ketones is 1. The minimum absolute atomic E-state index is 0.0463. The Hall–Kier alpha value is -1.80. The zero-order valence-electron chi connectivity index (χ0n) is 14.7. The zero-order chi connectivity index (χ0) is 18.9. The summed E-state index contributed by atoms with van der Waals surface area (Å²) in [6.45, 7) is 3.38. The molecule has 1 aromatic heterocycles. The Morgan fingerprint density at radius 2 is 2.08 bits per heavy atom. The van der Waals surface area contributed by atoms with E-state index in [0.717, 1.165) is 16.6 Å². The van der Waals surface area contributed by atoms with E-state index in [1.165, 1.54) is 11.8 Å². The molecule has 1 aromatic carbocycles. The number of carbonyl (C=O) groups excluding carboxylic acids is 2. The van der Waals surface area contributed by atoms with Crippen LogP contribution in [0.1, 0.15) is 29.4 Å². The number of esters is 1. The third-order valence-corrected chi connectivity index (χ3v) is 7.70. The molecule has 2 aromatic rings. The number of carbonyl (C=O) groups is 2. The molecule has 0 unspecified atom stereocenters. The fraction of sp³-hybridized carbons (Fsp3) is 0.444. The van der Waals surface area contributed by atoms with Crippen molar-refractivity contribution in [2.24, 2.45) is 0 Å². The second kappa shape index (κ2) is 7.44. The average molecular weight is 396 g/mol. The molecule has 0 amide bonds. The molecule has 26 heavy (non-hydrogen) atoms.